The second kappa shape index (κ2) is 7.82. The lowest BCUT2D eigenvalue weighted by molar-refractivity contribution is 0.0697. The van der Waals surface area contributed by atoms with Gasteiger partial charge >= 0.3 is 5.97 Å². The Morgan fingerprint density at radius 3 is 2.83 bits per heavy atom. The monoisotopic (exact) mass is 408 g/mol. The third kappa shape index (κ3) is 3.66. The molecule has 1 aromatic carbocycles. The summed E-state index contributed by atoms with van der Waals surface area (Å²) in [6, 6.07) is 5.94. The number of carboxylic acid groups (broad SMARTS) is 1. The fourth-order valence-corrected chi connectivity index (χ4v) is 3.10. The fraction of sp³-hybridized carbons (Fsp3) is 0.250. The van der Waals surface area contributed by atoms with Gasteiger partial charge < -0.3 is 9.84 Å². The van der Waals surface area contributed by atoms with Crippen molar-refractivity contribution in [3.63, 3.8) is 0 Å². The third-order valence-corrected chi connectivity index (χ3v) is 4.86. The average molecular weight is 408 g/mol. The number of nitrogens with one attached hydrogen (secondary N) is 1. The third-order valence-electron chi connectivity index (χ3n) is 4.86. The van der Waals surface area contributed by atoms with Gasteiger partial charge in [-0.15, -0.1) is 0 Å². The molecule has 0 bridgehead atoms. The molecule has 0 saturated carbocycles. The largest absolute Gasteiger partial charge is 0.493 e. The zero-order chi connectivity index (χ0) is 21.3. The number of benzene rings is 1. The van der Waals surface area contributed by atoms with Crippen molar-refractivity contribution in [1.82, 2.24) is 29.5 Å². The van der Waals surface area contributed by atoms with Crippen LogP contribution < -0.4 is 10.3 Å². The summed E-state index contributed by atoms with van der Waals surface area (Å²) in [5.41, 5.74) is 2.65. The Kier molecular flexibility index (Phi) is 5.05. The number of aryl methyl sites for hydroxylation is 2. The molecule has 154 valence electrons. The number of hydrogen-bond acceptors (Lipinski definition) is 6. The highest BCUT2D eigenvalue weighted by Gasteiger charge is 2.14. The quantitative estimate of drug-likeness (QED) is 0.448. The number of rotatable bonds is 7. The lowest BCUT2D eigenvalue weighted by atomic mass is 10.1. The minimum Gasteiger partial charge on any atom is -0.493 e. The number of aromatic nitrogens is 6. The maximum absolute atomic E-state index is 12.6. The fourth-order valence-electron chi connectivity index (χ4n) is 3.10. The van der Waals surface area contributed by atoms with Gasteiger partial charge in [0.2, 0.25) is 5.95 Å². The number of aromatic amines is 1. The predicted molar refractivity (Wildman–Crippen MR) is 108 cm³/mol. The minimum absolute atomic E-state index is 0.00251. The standard InChI is InChI=1S/C20H20N6O4/c1-12-5-3-6-16(13(12)2)30-8-4-7-25-17-15(10-22-25)23-20(24-18(17)27)26-11-14(9-21-26)19(28)29/h3,5-6,9-11H,4,7-8H2,1-2H3,(H,28,29)(H,23,24,27). The number of carboxylic acids is 1. The van der Waals surface area contributed by atoms with E-state index >= 15 is 0 Å². The van der Waals surface area contributed by atoms with E-state index in [1.807, 2.05) is 32.0 Å². The van der Waals surface area contributed by atoms with E-state index in [4.69, 9.17) is 9.84 Å². The number of aromatic carboxylic acids is 1. The first-order chi connectivity index (χ1) is 14.4. The molecule has 0 amide bonds. The summed E-state index contributed by atoms with van der Waals surface area (Å²) in [6.45, 7) is 5.04. The molecule has 0 aliphatic heterocycles. The second-order valence-electron chi connectivity index (χ2n) is 6.87. The van der Waals surface area contributed by atoms with Crippen molar-refractivity contribution in [2.45, 2.75) is 26.8 Å². The number of ether oxygens (including phenoxy) is 1. The van der Waals surface area contributed by atoms with Crippen LogP contribution in [0.25, 0.3) is 17.0 Å². The highest BCUT2D eigenvalue weighted by atomic mass is 16.5. The number of nitrogens with zero attached hydrogens (tertiary/aromatic N) is 5. The van der Waals surface area contributed by atoms with Gasteiger partial charge in [0.1, 0.15) is 11.3 Å². The zero-order valence-corrected chi connectivity index (χ0v) is 16.5. The summed E-state index contributed by atoms with van der Waals surface area (Å²) < 4.78 is 8.65. The molecule has 10 heteroatoms. The van der Waals surface area contributed by atoms with Gasteiger partial charge in [-0.3, -0.25) is 14.5 Å². The molecule has 0 atom stereocenters. The Bertz CT molecular complexity index is 1290. The molecule has 0 unspecified atom stereocenters. The van der Waals surface area contributed by atoms with Gasteiger partial charge in [-0.2, -0.15) is 10.2 Å². The number of fused-ring (bicyclic) bond motifs is 1. The van der Waals surface area contributed by atoms with Gasteiger partial charge in [0, 0.05) is 19.2 Å². The van der Waals surface area contributed by atoms with Crippen molar-refractivity contribution < 1.29 is 14.6 Å². The van der Waals surface area contributed by atoms with Crippen molar-refractivity contribution in [3.05, 3.63) is 63.8 Å². The molecule has 10 nitrogen and oxygen atoms in total. The maximum atomic E-state index is 12.6. The first-order valence-electron chi connectivity index (χ1n) is 9.37. The van der Waals surface area contributed by atoms with E-state index in [0.717, 1.165) is 11.3 Å². The summed E-state index contributed by atoms with van der Waals surface area (Å²) in [5, 5.41) is 17.2. The summed E-state index contributed by atoms with van der Waals surface area (Å²) in [7, 11) is 0. The second-order valence-corrected chi connectivity index (χ2v) is 6.87. The van der Waals surface area contributed by atoms with Crippen molar-refractivity contribution in [2.75, 3.05) is 6.61 Å². The van der Waals surface area contributed by atoms with Gasteiger partial charge in [0.15, 0.2) is 5.52 Å². The van der Waals surface area contributed by atoms with Gasteiger partial charge in [-0.25, -0.2) is 14.5 Å². The topological polar surface area (TPSA) is 128 Å². The smallest absolute Gasteiger partial charge is 0.338 e. The maximum Gasteiger partial charge on any atom is 0.338 e. The van der Waals surface area contributed by atoms with Crippen LogP contribution in [0.2, 0.25) is 0 Å². The van der Waals surface area contributed by atoms with Crippen molar-refractivity contribution in [2.24, 2.45) is 0 Å². The molecule has 0 radical (unpaired) electrons. The van der Waals surface area contributed by atoms with Crippen LogP contribution in [0, 0.1) is 13.8 Å². The van der Waals surface area contributed by atoms with Crippen LogP contribution in [-0.2, 0) is 6.54 Å². The minimum atomic E-state index is -1.11. The van der Waals surface area contributed by atoms with Crippen LogP contribution >= 0.6 is 0 Å². The summed E-state index contributed by atoms with van der Waals surface area (Å²) in [4.78, 5) is 30.6. The number of carbonyl (C=O) groups is 1. The molecule has 4 rings (SSSR count). The SMILES string of the molecule is Cc1cccc(OCCCn2ncc3nc(-n4cc(C(=O)O)cn4)[nH]c(=O)c32)c1C. The first kappa shape index (κ1) is 19.4. The van der Waals surface area contributed by atoms with Gasteiger partial charge in [0.05, 0.1) is 24.6 Å². The molecule has 0 spiro atoms. The molecular formula is C20H20N6O4. The van der Waals surface area contributed by atoms with E-state index in [9.17, 15) is 9.59 Å². The summed E-state index contributed by atoms with van der Waals surface area (Å²) in [6.07, 6.45) is 4.63. The lowest BCUT2D eigenvalue weighted by Gasteiger charge is -2.11. The molecule has 3 heterocycles. The van der Waals surface area contributed by atoms with E-state index in [-0.39, 0.29) is 17.1 Å². The normalized spacial score (nSPS) is 11.1. The van der Waals surface area contributed by atoms with Gasteiger partial charge in [0.25, 0.3) is 5.56 Å². The van der Waals surface area contributed by atoms with Crippen LogP contribution in [0.3, 0.4) is 0 Å². The molecule has 3 aromatic heterocycles. The average Bonchev–Trinajstić information content (AvgIpc) is 3.36. The van der Waals surface area contributed by atoms with Crippen LogP contribution in [0.1, 0.15) is 27.9 Å². The number of H-pyrrole nitrogens is 1. The molecule has 0 aliphatic carbocycles. The van der Waals surface area contributed by atoms with E-state index in [2.05, 4.69) is 20.2 Å². The molecular weight excluding hydrogens is 388 g/mol. The van der Waals surface area contributed by atoms with Crippen molar-refractivity contribution >= 4 is 17.0 Å². The Morgan fingerprint density at radius 1 is 1.23 bits per heavy atom. The summed E-state index contributed by atoms with van der Waals surface area (Å²) >= 11 is 0. The Balaban J connectivity index is 1.48. The first-order valence-corrected chi connectivity index (χ1v) is 9.37. The molecule has 2 N–H and O–H groups in total. The van der Waals surface area contributed by atoms with E-state index in [1.54, 1.807) is 4.68 Å². The van der Waals surface area contributed by atoms with Gasteiger partial charge in [-0.1, -0.05) is 12.1 Å². The predicted octanol–water partition coefficient (Wildman–Crippen LogP) is 2.09. The van der Waals surface area contributed by atoms with Crippen LogP contribution in [-0.4, -0.2) is 47.2 Å². The zero-order valence-electron chi connectivity index (χ0n) is 16.5. The Hall–Kier alpha value is -3.95. The lowest BCUT2D eigenvalue weighted by Crippen LogP contribution is -2.17. The molecule has 4 aromatic rings. The van der Waals surface area contributed by atoms with Crippen LogP contribution in [0.4, 0.5) is 0 Å². The van der Waals surface area contributed by atoms with E-state index in [0.29, 0.717) is 30.6 Å². The van der Waals surface area contributed by atoms with Crippen LogP contribution in [0.15, 0.2) is 41.6 Å². The van der Waals surface area contributed by atoms with Crippen molar-refractivity contribution in [1.29, 1.82) is 0 Å². The molecule has 0 fully saturated rings. The number of hydrogen-bond donors (Lipinski definition) is 2. The van der Waals surface area contributed by atoms with Gasteiger partial charge in [-0.05, 0) is 31.0 Å². The highest BCUT2D eigenvalue weighted by Crippen LogP contribution is 2.20. The summed E-state index contributed by atoms with van der Waals surface area (Å²) in [5.74, 6) is -0.136. The molecule has 0 saturated heterocycles. The Labute approximate surface area is 170 Å². The molecule has 30 heavy (non-hydrogen) atoms. The molecule has 0 aliphatic rings. The van der Waals surface area contributed by atoms with Crippen molar-refractivity contribution in [3.8, 4) is 11.7 Å². The van der Waals surface area contributed by atoms with E-state index in [1.165, 1.54) is 28.8 Å². The highest BCUT2D eigenvalue weighted by molar-refractivity contribution is 5.87. The van der Waals surface area contributed by atoms with E-state index < -0.39 is 5.97 Å². The Morgan fingerprint density at radius 2 is 2.07 bits per heavy atom. The van der Waals surface area contributed by atoms with Crippen LogP contribution in [0.5, 0.6) is 5.75 Å².